The second-order valence-corrected chi connectivity index (χ2v) is 10.3. The van der Waals surface area contributed by atoms with Crippen LogP contribution in [0.25, 0.3) is 0 Å². The number of sulfone groups is 1. The summed E-state index contributed by atoms with van der Waals surface area (Å²) in [4.78, 5) is 18.2. The molecule has 1 saturated heterocycles. The van der Waals surface area contributed by atoms with Crippen LogP contribution in [0, 0.1) is 11.6 Å². The van der Waals surface area contributed by atoms with Crippen LogP contribution in [0.5, 0.6) is 0 Å². The van der Waals surface area contributed by atoms with Crippen LogP contribution in [0.3, 0.4) is 0 Å². The Morgan fingerprint density at radius 1 is 0.969 bits per heavy atom. The van der Waals surface area contributed by atoms with Crippen molar-refractivity contribution >= 4 is 27.3 Å². The first-order chi connectivity index (χ1) is 15.2. The van der Waals surface area contributed by atoms with E-state index in [1.807, 2.05) is 0 Å². The van der Waals surface area contributed by atoms with E-state index in [-0.39, 0.29) is 42.3 Å². The molecule has 5 nitrogen and oxygen atoms in total. The number of nitrogens with zero attached hydrogens (tertiary/aromatic N) is 2. The number of rotatable bonds is 4. The Kier molecular flexibility index (Phi) is 6.01. The van der Waals surface area contributed by atoms with Gasteiger partial charge in [-0.05, 0) is 67.4 Å². The number of likely N-dealkylation sites (tertiary alicyclic amines) is 1. The number of halogens is 3. The molecule has 2 aromatic carbocycles. The Balaban J connectivity index is 1.76. The van der Waals surface area contributed by atoms with E-state index in [0.717, 1.165) is 18.2 Å². The summed E-state index contributed by atoms with van der Waals surface area (Å²) in [5, 5.41) is 0.354. The molecule has 0 bridgehead atoms. The summed E-state index contributed by atoms with van der Waals surface area (Å²) < 4.78 is 54.8. The number of carbonyl (C=O) groups excluding carboxylic acids is 1. The van der Waals surface area contributed by atoms with Crippen molar-refractivity contribution in [1.29, 1.82) is 0 Å². The van der Waals surface area contributed by atoms with Crippen LogP contribution < -0.4 is 0 Å². The maximum atomic E-state index is 14.9. The van der Waals surface area contributed by atoms with Crippen LogP contribution in [0.15, 0.2) is 71.9 Å². The highest BCUT2D eigenvalue weighted by atomic mass is 35.5. The quantitative estimate of drug-likeness (QED) is 0.551. The summed E-state index contributed by atoms with van der Waals surface area (Å²) in [5.74, 6) is -1.81. The lowest BCUT2D eigenvalue weighted by molar-refractivity contribution is 0.0698. The van der Waals surface area contributed by atoms with Crippen LogP contribution in [0.2, 0.25) is 5.02 Å². The molecule has 0 saturated carbocycles. The Labute approximate surface area is 189 Å². The number of amides is 1. The lowest BCUT2D eigenvalue weighted by atomic mass is 9.87. The molecule has 0 unspecified atom stereocenters. The van der Waals surface area contributed by atoms with E-state index < -0.39 is 26.2 Å². The average molecular weight is 477 g/mol. The maximum absolute atomic E-state index is 14.9. The smallest absolute Gasteiger partial charge is 0.253 e. The molecular weight excluding hydrogens is 458 g/mol. The van der Waals surface area contributed by atoms with Gasteiger partial charge in [0.05, 0.1) is 4.90 Å². The summed E-state index contributed by atoms with van der Waals surface area (Å²) >= 11 is 5.90. The molecule has 4 rings (SSSR count). The average Bonchev–Trinajstić information content (AvgIpc) is 2.81. The number of pyridine rings is 1. The lowest BCUT2D eigenvalue weighted by Crippen LogP contribution is -2.49. The summed E-state index contributed by atoms with van der Waals surface area (Å²) in [6.45, 7) is 0.119. The molecule has 1 aromatic heterocycles. The predicted octanol–water partition coefficient (Wildman–Crippen LogP) is 4.62. The van der Waals surface area contributed by atoms with Gasteiger partial charge in [-0.25, -0.2) is 17.2 Å². The third-order valence-corrected chi connectivity index (χ3v) is 8.64. The molecule has 1 aliphatic rings. The van der Waals surface area contributed by atoms with E-state index in [9.17, 15) is 22.0 Å². The van der Waals surface area contributed by atoms with Gasteiger partial charge in [0.2, 0.25) is 0 Å². The van der Waals surface area contributed by atoms with Gasteiger partial charge in [0.15, 0.2) is 9.84 Å². The summed E-state index contributed by atoms with van der Waals surface area (Å²) in [6.07, 6.45) is 2.81. The van der Waals surface area contributed by atoms with Crippen molar-refractivity contribution in [3.8, 4) is 0 Å². The van der Waals surface area contributed by atoms with E-state index >= 15 is 0 Å². The van der Waals surface area contributed by atoms with E-state index in [0.29, 0.717) is 10.6 Å². The van der Waals surface area contributed by atoms with Crippen molar-refractivity contribution < 1.29 is 22.0 Å². The van der Waals surface area contributed by atoms with Gasteiger partial charge in [0.25, 0.3) is 5.91 Å². The van der Waals surface area contributed by atoms with Gasteiger partial charge in [0, 0.05) is 41.6 Å². The Morgan fingerprint density at radius 3 is 2.22 bits per heavy atom. The van der Waals surface area contributed by atoms with Gasteiger partial charge in [-0.2, -0.15) is 0 Å². The SMILES string of the molecule is O=C(c1ccncc1)N1CCC(c2cc(F)ccc2F)(S(=O)(=O)c2ccc(Cl)cc2)CC1. The molecule has 0 atom stereocenters. The molecule has 2 heterocycles. The van der Waals surface area contributed by atoms with Gasteiger partial charge in [-0.3, -0.25) is 9.78 Å². The second-order valence-electron chi connectivity index (χ2n) is 7.60. The van der Waals surface area contributed by atoms with Crippen molar-refractivity contribution in [2.24, 2.45) is 0 Å². The maximum Gasteiger partial charge on any atom is 0.253 e. The van der Waals surface area contributed by atoms with E-state index in [1.54, 1.807) is 12.1 Å². The van der Waals surface area contributed by atoms with Crippen molar-refractivity contribution in [3.63, 3.8) is 0 Å². The highest BCUT2D eigenvalue weighted by Crippen LogP contribution is 2.45. The molecule has 1 aliphatic heterocycles. The molecule has 1 fully saturated rings. The Bertz CT molecular complexity index is 1240. The highest BCUT2D eigenvalue weighted by molar-refractivity contribution is 7.92. The summed E-state index contributed by atoms with van der Waals surface area (Å²) in [6, 6.07) is 11.5. The fourth-order valence-electron chi connectivity index (χ4n) is 4.12. The first kappa shape index (κ1) is 22.4. The normalized spacial score (nSPS) is 16.0. The number of benzene rings is 2. The van der Waals surface area contributed by atoms with Crippen molar-refractivity contribution in [2.45, 2.75) is 22.5 Å². The summed E-state index contributed by atoms with van der Waals surface area (Å²) in [7, 11) is -4.16. The standard InChI is InChI=1S/C23H19ClF2N2O3S/c24-17-1-4-19(5-2-17)32(30,31)23(20-15-18(25)3-6-21(20)26)9-13-28(14-10-23)22(29)16-7-11-27-12-8-16/h1-8,11-12,15H,9-10,13-14H2. The fourth-order valence-corrected chi connectivity index (χ4v) is 6.35. The number of hydrogen-bond acceptors (Lipinski definition) is 4. The number of carbonyl (C=O) groups is 1. The first-order valence-corrected chi connectivity index (χ1v) is 11.8. The van der Waals surface area contributed by atoms with Crippen molar-refractivity contribution in [2.75, 3.05) is 13.1 Å². The van der Waals surface area contributed by atoms with Crippen LogP contribution in [0.1, 0.15) is 28.8 Å². The first-order valence-electron chi connectivity index (χ1n) is 9.90. The van der Waals surface area contributed by atoms with Crippen LogP contribution in [0.4, 0.5) is 8.78 Å². The number of hydrogen-bond donors (Lipinski definition) is 0. The zero-order valence-corrected chi connectivity index (χ0v) is 18.4. The highest BCUT2D eigenvalue weighted by Gasteiger charge is 2.50. The van der Waals surface area contributed by atoms with Gasteiger partial charge >= 0.3 is 0 Å². The van der Waals surface area contributed by atoms with Gasteiger partial charge in [-0.1, -0.05) is 11.6 Å². The van der Waals surface area contributed by atoms with Crippen LogP contribution in [-0.2, 0) is 14.6 Å². The van der Waals surface area contributed by atoms with Crippen molar-refractivity contribution in [1.82, 2.24) is 9.88 Å². The third kappa shape index (κ3) is 3.89. The molecule has 3 aromatic rings. The molecule has 0 aliphatic carbocycles. The number of piperidine rings is 1. The molecule has 0 radical (unpaired) electrons. The van der Waals surface area contributed by atoms with E-state index in [4.69, 9.17) is 11.6 Å². The van der Waals surface area contributed by atoms with Gasteiger partial charge in [-0.15, -0.1) is 0 Å². The second kappa shape index (κ2) is 8.60. The Hall–Kier alpha value is -2.84. The summed E-state index contributed by atoms with van der Waals surface area (Å²) in [5.41, 5.74) is 0.188. The fraction of sp³-hybridized carbons (Fsp3) is 0.217. The monoisotopic (exact) mass is 476 g/mol. The van der Waals surface area contributed by atoms with Gasteiger partial charge in [0.1, 0.15) is 16.4 Å². The molecule has 9 heteroatoms. The zero-order chi connectivity index (χ0) is 22.9. The molecule has 32 heavy (non-hydrogen) atoms. The number of aromatic nitrogens is 1. The topological polar surface area (TPSA) is 67.3 Å². The molecule has 1 amide bonds. The minimum absolute atomic E-state index is 0.0422. The van der Waals surface area contributed by atoms with Gasteiger partial charge < -0.3 is 4.90 Å². The minimum Gasteiger partial charge on any atom is -0.339 e. The lowest BCUT2D eigenvalue weighted by Gasteiger charge is -2.41. The van der Waals surface area contributed by atoms with Crippen molar-refractivity contribution in [3.05, 3.63) is 94.8 Å². The molecular formula is C23H19ClF2N2O3S. The molecule has 0 spiro atoms. The zero-order valence-electron chi connectivity index (χ0n) is 16.8. The molecule has 0 N–H and O–H groups in total. The third-order valence-electron chi connectivity index (χ3n) is 5.84. The van der Waals surface area contributed by atoms with Crippen LogP contribution in [-0.4, -0.2) is 37.3 Å². The molecule has 166 valence electrons. The minimum atomic E-state index is -4.16. The Morgan fingerprint density at radius 2 is 1.59 bits per heavy atom. The van der Waals surface area contributed by atoms with E-state index in [1.165, 1.54) is 41.6 Å². The largest absolute Gasteiger partial charge is 0.339 e. The predicted molar refractivity (Wildman–Crippen MR) is 116 cm³/mol. The van der Waals surface area contributed by atoms with E-state index in [2.05, 4.69) is 4.98 Å². The van der Waals surface area contributed by atoms with Crippen LogP contribution >= 0.6 is 11.6 Å².